The standard InChI is InChI=1S/C23H25ClFN5O3S2.CH2O2/c24-21-5-3-17(34-21)7-13-35(32,33)27-19-6-11-30(23(19)31)20-4-2-16(14-18(20)25)29-12-8-26-22(29)15-28-9-1-10-28;2-1-3/h2-5,8,12,14,19,27H,1,6-7,9-11,13,15H2;1H,(H,2,3). The number of anilines is 1. The fraction of sp³-hybridized carbons (Fsp3) is 0.375. The van der Waals surface area contributed by atoms with Gasteiger partial charge in [0.15, 0.2) is 0 Å². The highest BCUT2D eigenvalue weighted by Crippen LogP contribution is 2.28. The number of nitrogens with zero attached hydrogens (tertiary/aromatic N) is 4. The van der Waals surface area contributed by atoms with Crippen molar-refractivity contribution in [1.82, 2.24) is 19.2 Å². The molecule has 204 valence electrons. The van der Waals surface area contributed by atoms with Crippen molar-refractivity contribution >= 4 is 51.0 Å². The van der Waals surface area contributed by atoms with Gasteiger partial charge in [-0.2, -0.15) is 0 Å². The maximum Gasteiger partial charge on any atom is 0.290 e. The van der Waals surface area contributed by atoms with Crippen LogP contribution in [-0.4, -0.2) is 71.8 Å². The number of nitrogens with one attached hydrogen (secondary N) is 1. The summed E-state index contributed by atoms with van der Waals surface area (Å²) in [6, 6.07) is 7.29. The number of aryl methyl sites for hydroxylation is 1. The van der Waals surface area contributed by atoms with Crippen LogP contribution in [0.2, 0.25) is 4.34 Å². The van der Waals surface area contributed by atoms with E-state index in [1.165, 1.54) is 28.7 Å². The zero-order valence-corrected chi connectivity index (χ0v) is 22.7. The van der Waals surface area contributed by atoms with Crippen LogP contribution >= 0.6 is 22.9 Å². The number of carbonyl (C=O) groups excluding carboxylic acids is 1. The number of hydrogen-bond donors (Lipinski definition) is 2. The Kier molecular flexibility index (Phi) is 9.15. The quantitative estimate of drug-likeness (QED) is 0.371. The van der Waals surface area contributed by atoms with Crippen LogP contribution < -0.4 is 9.62 Å². The molecular formula is C24H27ClFN5O5S2. The number of halogens is 2. The summed E-state index contributed by atoms with van der Waals surface area (Å²) in [6.45, 7) is 2.74. The summed E-state index contributed by atoms with van der Waals surface area (Å²) < 4.78 is 45.1. The number of imidazole rings is 1. The molecule has 2 N–H and O–H groups in total. The maximum absolute atomic E-state index is 15.1. The van der Waals surface area contributed by atoms with E-state index in [9.17, 15) is 13.2 Å². The number of rotatable bonds is 9. The molecular weight excluding hydrogens is 557 g/mol. The second-order valence-electron chi connectivity index (χ2n) is 8.81. The molecule has 1 unspecified atom stereocenters. The number of thiophene rings is 1. The van der Waals surface area contributed by atoms with Crippen molar-refractivity contribution in [2.45, 2.75) is 31.8 Å². The summed E-state index contributed by atoms with van der Waals surface area (Å²) in [6.07, 6.45) is 5.23. The smallest absolute Gasteiger partial charge is 0.290 e. The van der Waals surface area contributed by atoms with Gasteiger partial charge in [0.1, 0.15) is 17.7 Å². The number of carbonyl (C=O) groups is 2. The van der Waals surface area contributed by atoms with Crippen molar-refractivity contribution in [2.75, 3.05) is 30.3 Å². The van der Waals surface area contributed by atoms with Crippen LogP contribution in [0.1, 0.15) is 23.5 Å². The first-order valence-corrected chi connectivity index (χ1v) is 14.7. The molecule has 2 saturated heterocycles. The lowest BCUT2D eigenvalue weighted by Crippen LogP contribution is -2.42. The lowest BCUT2D eigenvalue weighted by molar-refractivity contribution is -0.123. The van der Waals surface area contributed by atoms with Gasteiger partial charge >= 0.3 is 0 Å². The summed E-state index contributed by atoms with van der Waals surface area (Å²) >= 11 is 7.22. The second kappa shape index (κ2) is 12.3. The van der Waals surface area contributed by atoms with E-state index in [2.05, 4.69) is 14.6 Å². The largest absolute Gasteiger partial charge is 0.483 e. The molecule has 0 spiro atoms. The summed E-state index contributed by atoms with van der Waals surface area (Å²) in [4.78, 5) is 30.1. The van der Waals surface area contributed by atoms with Crippen molar-refractivity contribution in [3.63, 3.8) is 0 Å². The van der Waals surface area contributed by atoms with Crippen molar-refractivity contribution in [3.8, 4) is 5.69 Å². The average Bonchev–Trinajstić information content (AvgIpc) is 3.57. The van der Waals surface area contributed by atoms with E-state index in [1.54, 1.807) is 36.7 Å². The molecule has 2 aliphatic rings. The Morgan fingerprint density at radius 1 is 1.24 bits per heavy atom. The van der Waals surface area contributed by atoms with Gasteiger partial charge in [0.05, 0.1) is 22.3 Å². The van der Waals surface area contributed by atoms with Crippen molar-refractivity contribution in [2.24, 2.45) is 0 Å². The number of likely N-dealkylation sites (tertiary alicyclic amines) is 1. The molecule has 14 heteroatoms. The van der Waals surface area contributed by atoms with Gasteiger partial charge in [-0.1, -0.05) is 11.6 Å². The number of sulfonamides is 1. The van der Waals surface area contributed by atoms with Crippen LogP contribution in [0.15, 0.2) is 42.7 Å². The summed E-state index contributed by atoms with van der Waals surface area (Å²) in [5.41, 5.74) is 0.759. The molecule has 10 nitrogen and oxygen atoms in total. The Hall–Kier alpha value is -2.84. The predicted molar refractivity (Wildman–Crippen MR) is 143 cm³/mol. The first-order chi connectivity index (χ1) is 18.2. The van der Waals surface area contributed by atoms with Gasteiger partial charge in [-0.15, -0.1) is 11.3 Å². The van der Waals surface area contributed by atoms with E-state index in [4.69, 9.17) is 21.5 Å². The molecule has 5 rings (SSSR count). The molecule has 2 fully saturated rings. The molecule has 0 saturated carbocycles. The van der Waals surface area contributed by atoms with E-state index in [0.717, 1.165) is 23.8 Å². The third kappa shape index (κ3) is 6.77. The van der Waals surface area contributed by atoms with E-state index < -0.39 is 27.8 Å². The van der Waals surface area contributed by atoms with Crippen LogP contribution in [0.3, 0.4) is 0 Å². The Labute approximate surface area is 228 Å². The van der Waals surface area contributed by atoms with Gasteiger partial charge in [0, 0.05) is 35.6 Å². The maximum atomic E-state index is 15.1. The molecule has 3 aromatic rings. The van der Waals surface area contributed by atoms with Gasteiger partial charge in [0.25, 0.3) is 6.47 Å². The van der Waals surface area contributed by atoms with E-state index >= 15 is 4.39 Å². The van der Waals surface area contributed by atoms with E-state index in [-0.39, 0.29) is 30.9 Å². The minimum Gasteiger partial charge on any atom is -0.483 e. The van der Waals surface area contributed by atoms with Crippen LogP contribution in [0.25, 0.3) is 5.69 Å². The molecule has 2 aromatic heterocycles. The fourth-order valence-corrected chi connectivity index (χ4v) is 6.79. The van der Waals surface area contributed by atoms with Crippen molar-refractivity contribution in [3.05, 3.63) is 63.6 Å². The minimum absolute atomic E-state index is 0.137. The predicted octanol–water partition coefficient (Wildman–Crippen LogP) is 2.90. The van der Waals surface area contributed by atoms with Crippen LogP contribution in [0.5, 0.6) is 0 Å². The zero-order valence-electron chi connectivity index (χ0n) is 20.3. The Morgan fingerprint density at radius 3 is 2.63 bits per heavy atom. The summed E-state index contributed by atoms with van der Waals surface area (Å²) in [5, 5.41) is 6.89. The van der Waals surface area contributed by atoms with Gasteiger partial charge in [-0.25, -0.2) is 22.5 Å². The van der Waals surface area contributed by atoms with Gasteiger partial charge in [0.2, 0.25) is 15.9 Å². The molecule has 0 aliphatic carbocycles. The highest BCUT2D eigenvalue weighted by Gasteiger charge is 2.36. The molecule has 1 aromatic carbocycles. The lowest BCUT2D eigenvalue weighted by Gasteiger charge is -2.30. The Balaban J connectivity index is 0.00000107. The lowest BCUT2D eigenvalue weighted by atomic mass is 10.2. The van der Waals surface area contributed by atoms with Crippen LogP contribution in [-0.2, 0) is 32.6 Å². The SMILES string of the molecule is O=C1C(NS(=O)(=O)CCc2ccc(Cl)s2)CCN1c1ccc(-n2ccnc2CN2CCC2)cc1F.O=CO. The molecule has 1 amide bonds. The molecule has 0 radical (unpaired) electrons. The van der Waals surface area contributed by atoms with E-state index in [0.29, 0.717) is 23.0 Å². The second-order valence-corrected chi connectivity index (χ2v) is 12.5. The number of carboxylic acid groups (broad SMARTS) is 1. The topological polar surface area (TPSA) is 125 Å². The Bertz CT molecular complexity index is 1390. The molecule has 38 heavy (non-hydrogen) atoms. The third-order valence-electron chi connectivity index (χ3n) is 6.30. The molecule has 4 heterocycles. The first-order valence-electron chi connectivity index (χ1n) is 11.9. The molecule has 1 atom stereocenters. The van der Waals surface area contributed by atoms with Crippen LogP contribution in [0.4, 0.5) is 10.1 Å². The number of aromatic nitrogens is 2. The van der Waals surface area contributed by atoms with Crippen molar-refractivity contribution in [1.29, 1.82) is 0 Å². The normalized spacial score (nSPS) is 17.7. The molecule has 2 aliphatic heterocycles. The number of hydrogen-bond acceptors (Lipinski definition) is 7. The molecule has 0 bridgehead atoms. The van der Waals surface area contributed by atoms with Crippen LogP contribution in [0, 0.1) is 5.82 Å². The van der Waals surface area contributed by atoms with Crippen molar-refractivity contribution < 1.29 is 27.5 Å². The monoisotopic (exact) mass is 583 g/mol. The zero-order chi connectivity index (χ0) is 27.3. The highest BCUT2D eigenvalue weighted by atomic mass is 35.5. The first kappa shape index (κ1) is 28.2. The average molecular weight is 584 g/mol. The number of amides is 1. The van der Waals surface area contributed by atoms with E-state index in [1.807, 2.05) is 4.57 Å². The third-order valence-corrected chi connectivity index (χ3v) is 8.98. The fourth-order valence-electron chi connectivity index (χ4n) is 4.32. The summed E-state index contributed by atoms with van der Waals surface area (Å²) in [5.74, 6) is -0.326. The van der Waals surface area contributed by atoms with Gasteiger partial charge in [-0.3, -0.25) is 14.5 Å². The number of benzene rings is 1. The minimum atomic E-state index is -3.69. The van der Waals surface area contributed by atoms with Gasteiger partial charge in [-0.05, 0) is 56.6 Å². The highest BCUT2D eigenvalue weighted by molar-refractivity contribution is 7.89. The summed E-state index contributed by atoms with van der Waals surface area (Å²) in [7, 11) is -3.69. The van der Waals surface area contributed by atoms with Gasteiger partial charge < -0.3 is 14.6 Å². The Morgan fingerprint density at radius 2 is 2.00 bits per heavy atom.